The van der Waals surface area contributed by atoms with Gasteiger partial charge in [-0.15, -0.1) is 0 Å². The van der Waals surface area contributed by atoms with Crippen molar-refractivity contribution in [1.29, 1.82) is 0 Å². The molecule has 5 aromatic rings. The van der Waals surface area contributed by atoms with E-state index in [2.05, 4.69) is 95.1 Å². The molecule has 0 fully saturated rings. The zero-order valence-electron chi connectivity index (χ0n) is 22.0. The van der Waals surface area contributed by atoms with Gasteiger partial charge in [-0.1, -0.05) is 36.4 Å². The van der Waals surface area contributed by atoms with E-state index in [1.165, 1.54) is 66.3 Å². The van der Waals surface area contributed by atoms with Crippen LogP contribution in [0.15, 0.2) is 48.5 Å². The molecule has 1 heterocycles. The maximum atomic E-state index is 7.66. The molecule has 1 aromatic heterocycles. The Morgan fingerprint density at radius 3 is 1.54 bits per heavy atom. The van der Waals surface area contributed by atoms with Crippen molar-refractivity contribution in [3.8, 4) is 16.8 Å². The van der Waals surface area contributed by atoms with Crippen LogP contribution in [0.25, 0.3) is 43.5 Å². The zero-order chi connectivity index (χ0) is 25.2. The molecule has 0 N–H and O–H groups in total. The van der Waals surface area contributed by atoms with Crippen LogP contribution >= 0.6 is 0 Å². The Labute approximate surface area is 208 Å². The summed E-state index contributed by atoms with van der Waals surface area (Å²) >= 11 is 0. The first-order valence-corrected chi connectivity index (χ1v) is 12.3. The van der Waals surface area contributed by atoms with Gasteiger partial charge in [0.1, 0.15) is 0 Å². The zero-order valence-corrected chi connectivity index (χ0v) is 22.0. The molecule has 0 aliphatic heterocycles. The first-order chi connectivity index (χ1) is 16.7. The smallest absolute Gasteiger partial charge is 0.188 e. The van der Waals surface area contributed by atoms with Crippen LogP contribution in [0.4, 0.5) is 5.69 Å². The van der Waals surface area contributed by atoms with Crippen LogP contribution in [0.2, 0.25) is 0 Å². The molecule has 0 bridgehead atoms. The van der Waals surface area contributed by atoms with E-state index in [0.29, 0.717) is 5.69 Å². The second kappa shape index (κ2) is 8.14. The molecule has 0 atom stereocenters. The van der Waals surface area contributed by atoms with E-state index in [1.807, 2.05) is 18.2 Å². The first kappa shape index (κ1) is 22.9. The standard InChI is InChI=1S/C33H32N2/c1-18-20(3)24(7)32-30(22(18)5)31-23(6)19(2)21(4)25(8)33(31)35(32)29-16-15-27(34-9)17-28(29)26-13-11-10-12-14-26/h10-17H,1-8H3. The summed E-state index contributed by atoms with van der Waals surface area (Å²) < 4.78 is 2.49. The summed E-state index contributed by atoms with van der Waals surface area (Å²) in [7, 11) is 0. The number of aromatic nitrogens is 1. The van der Waals surface area contributed by atoms with Crippen molar-refractivity contribution in [2.24, 2.45) is 0 Å². The highest BCUT2D eigenvalue weighted by atomic mass is 15.0. The molecule has 35 heavy (non-hydrogen) atoms. The molecule has 2 nitrogen and oxygen atoms in total. The van der Waals surface area contributed by atoms with Crippen LogP contribution in [-0.4, -0.2) is 4.57 Å². The Morgan fingerprint density at radius 1 is 0.571 bits per heavy atom. The largest absolute Gasteiger partial charge is 0.308 e. The van der Waals surface area contributed by atoms with Crippen molar-refractivity contribution in [3.05, 3.63) is 104 Å². The third kappa shape index (κ3) is 3.15. The van der Waals surface area contributed by atoms with Crippen molar-refractivity contribution < 1.29 is 0 Å². The maximum Gasteiger partial charge on any atom is 0.188 e. The molecule has 0 saturated heterocycles. The van der Waals surface area contributed by atoms with Crippen molar-refractivity contribution >= 4 is 27.5 Å². The molecule has 0 aliphatic rings. The molecular weight excluding hydrogens is 424 g/mol. The minimum absolute atomic E-state index is 0.660. The minimum atomic E-state index is 0.660. The number of fused-ring (bicyclic) bond motifs is 3. The average Bonchev–Trinajstić information content (AvgIpc) is 3.24. The third-order valence-corrected chi connectivity index (χ3v) is 8.44. The van der Waals surface area contributed by atoms with Crippen LogP contribution in [0.5, 0.6) is 0 Å². The molecule has 0 amide bonds. The summed E-state index contributed by atoms with van der Waals surface area (Å²) in [6, 6.07) is 16.6. The Morgan fingerprint density at radius 2 is 1.06 bits per heavy atom. The van der Waals surface area contributed by atoms with Crippen molar-refractivity contribution in [1.82, 2.24) is 4.57 Å². The summed E-state index contributed by atoms with van der Waals surface area (Å²) in [6.07, 6.45) is 0. The van der Waals surface area contributed by atoms with E-state index < -0.39 is 0 Å². The average molecular weight is 457 g/mol. The molecule has 0 spiro atoms. The predicted octanol–water partition coefficient (Wildman–Crippen LogP) is 9.47. The minimum Gasteiger partial charge on any atom is -0.308 e. The molecule has 0 radical (unpaired) electrons. The normalized spacial score (nSPS) is 11.4. The second-order valence-corrected chi connectivity index (χ2v) is 9.96. The van der Waals surface area contributed by atoms with Crippen LogP contribution in [-0.2, 0) is 0 Å². The number of nitrogens with zero attached hydrogens (tertiary/aromatic N) is 2. The number of hydrogen-bond acceptors (Lipinski definition) is 0. The lowest BCUT2D eigenvalue weighted by molar-refractivity contribution is 1.13. The van der Waals surface area contributed by atoms with Gasteiger partial charge in [-0.05, 0) is 123 Å². The molecule has 174 valence electrons. The van der Waals surface area contributed by atoms with Crippen molar-refractivity contribution in [2.75, 3.05) is 0 Å². The van der Waals surface area contributed by atoms with Crippen LogP contribution in [0.1, 0.15) is 44.5 Å². The van der Waals surface area contributed by atoms with Gasteiger partial charge in [0.05, 0.1) is 23.3 Å². The summed E-state index contributed by atoms with van der Waals surface area (Å²) in [6.45, 7) is 25.7. The topological polar surface area (TPSA) is 9.29 Å². The molecule has 2 heteroatoms. The fraction of sp³-hybridized carbons (Fsp3) is 0.242. The first-order valence-electron chi connectivity index (χ1n) is 12.3. The highest BCUT2D eigenvalue weighted by Crippen LogP contribution is 2.45. The highest BCUT2D eigenvalue weighted by molar-refractivity contribution is 6.16. The van der Waals surface area contributed by atoms with Gasteiger partial charge >= 0.3 is 0 Å². The monoisotopic (exact) mass is 456 g/mol. The van der Waals surface area contributed by atoms with E-state index >= 15 is 0 Å². The van der Waals surface area contributed by atoms with Gasteiger partial charge in [-0.2, -0.15) is 0 Å². The maximum absolute atomic E-state index is 7.66. The fourth-order valence-electron chi connectivity index (χ4n) is 5.75. The van der Waals surface area contributed by atoms with E-state index in [1.54, 1.807) is 0 Å². The van der Waals surface area contributed by atoms with Gasteiger partial charge in [0, 0.05) is 10.8 Å². The van der Waals surface area contributed by atoms with E-state index in [9.17, 15) is 0 Å². The highest BCUT2D eigenvalue weighted by Gasteiger charge is 2.25. The quantitative estimate of drug-likeness (QED) is 0.234. The second-order valence-electron chi connectivity index (χ2n) is 9.96. The Balaban J connectivity index is 2.12. The lowest BCUT2D eigenvalue weighted by Gasteiger charge is -2.19. The number of rotatable bonds is 2. The van der Waals surface area contributed by atoms with Gasteiger partial charge < -0.3 is 4.57 Å². The Kier molecular flexibility index (Phi) is 5.33. The summed E-state index contributed by atoms with van der Waals surface area (Å²) in [5.41, 5.74) is 17.4. The summed E-state index contributed by atoms with van der Waals surface area (Å²) in [5, 5.41) is 2.72. The lowest BCUT2D eigenvalue weighted by Crippen LogP contribution is -2.02. The summed E-state index contributed by atoms with van der Waals surface area (Å²) in [5.74, 6) is 0. The van der Waals surface area contributed by atoms with Crippen LogP contribution in [0.3, 0.4) is 0 Å². The third-order valence-electron chi connectivity index (χ3n) is 8.44. The summed E-state index contributed by atoms with van der Waals surface area (Å²) in [4.78, 5) is 3.76. The van der Waals surface area contributed by atoms with E-state index in [-0.39, 0.29) is 0 Å². The van der Waals surface area contributed by atoms with Gasteiger partial charge in [-0.3, -0.25) is 0 Å². The van der Waals surface area contributed by atoms with Crippen molar-refractivity contribution in [2.45, 2.75) is 55.4 Å². The number of hydrogen-bond donors (Lipinski definition) is 0. The van der Waals surface area contributed by atoms with Gasteiger partial charge in [0.25, 0.3) is 0 Å². The van der Waals surface area contributed by atoms with Gasteiger partial charge in [0.15, 0.2) is 5.69 Å². The number of aryl methyl sites for hydroxylation is 4. The fourth-order valence-corrected chi connectivity index (χ4v) is 5.75. The number of benzene rings is 4. The SMILES string of the molecule is [C-]#[N+]c1ccc(-n2c3c(C)c(C)c(C)c(C)c3c3c(C)c(C)c(C)c(C)c32)c(-c2ccccc2)c1. The lowest BCUT2D eigenvalue weighted by atomic mass is 9.90. The van der Waals surface area contributed by atoms with E-state index in [0.717, 1.165) is 16.8 Å². The Bertz CT molecular complexity index is 1630. The predicted molar refractivity (Wildman–Crippen MR) is 150 cm³/mol. The van der Waals surface area contributed by atoms with Crippen molar-refractivity contribution in [3.63, 3.8) is 0 Å². The molecule has 0 saturated carbocycles. The molecule has 4 aromatic carbocycles. The molecular formula is C33H32N2. The molecule has 0 unspecified atom stereocenters. The van der Waals surface area contributed by atoms with Crippen LogP contribution in [0, 0.1) is 62.0 Å². The van der Waals surface area contributed by atoms with E-state index in [4.69, 9.17) is 6.57 Å². The van der Waals surface area contributed by atoms with Crippen LogP contribution < -0.4 is 0 Å². The van der Waals surface area contributed by atoms with Gasteiger partial charge in [0.2, 0.25) is 0 Å². The molecule has 0 aliphatic carbocycles. The molecule has 5 rings (SSSR count). The van der Waals surface area contributed by atoms with Gasteiger partial charge in [-0.25, -0.2) is 4.85 Å². The Hall–Kier alpha value is -3.83.